The average molecular weight is 394 g/mol. The van der Waals surface area contributed by atoms with Gasteiger partial charge >= 0.3 is 12.1 Å². The summed E-state index contributed by atoms with van der Waals surface area (Å²) >= 11 is 3.03. The van der Waals surface area contributed by atoms with Gasteiger partial charge in [0.1, 0.15) is 18.1 Å². The molecule has 0 unspecified atom stereocenters. The van der Waals surface area contributed by atoms with Crippen LogP contribution in [0.5, 0.6) is 0 Å². The highest BCUT2D eigenvalue weighted by Crippen LogP contribution is 2.22. The Morgan fingerprint density at radius 2 is 1.88 bits per heavy atom. The van der Waals surface area contributed by atoms with E-state index in [0.29, 0.717) is 0 Å². The second-order valence-electron chi connectivity index (χ2n) is 4.69. The standard InChI is InChI=1S/C17H13BrFNO4/c18-15-12(7-4-8-13(15)19)9-14(16(21)22)20-17(23)24-10-11-5-2-1-3-6-11/h1-9H,10H2,(H,20,23)(H,21,22)/b14-9-. The molecule has 0 saturated carbocycles. The van der Waals surface area contributed by atoms with Crippen molar-refractivity contribution in [1.82, 2.24) is 5.32 Å². The quantitative estimate of drug-likeness (QED) is 0.754. The monoisotopic (exact) mass is 393 g/mol. The minimum Gasteiger partial charge on any atom is -0.477 e. The molecule has 7 heteroatoms. The van der Waals surface area contributed by atoms with Gasteiger partial charge in [0.2, 0.25) is 0 Å². The molecule has 0 aromatic heterocycles. The summed E-state index contributed by atoms with van der Waals surface area (Å²) in [6, 6.07) is 13.1. The Morgan fingerprint density at radius 3 is 2.54 bits per heavy atom. The van der Waals surface area contributed by atoms with Gasteiger partial charge in [-0.25, -0.2) is 14.0 Å². The Morgan fingerprint density at radius 1 is 1.17 bits per heavy atom. The predicted molar refractivity (Wildman–Crippen MR) is 89.5 cm³/mol. The first-order chi connectivity index (χ1) is 11.5. The number of hydrogen-bond donors (Lipinski definition) is 2. The number of benzene rings is 2. The van der Waals surface area contributed by atoms with Crippen molar-refractivity contribution in [2.75, 3.05) is 0 Å². The lowest BCUT2D eigenvalue weighted by Crippen LogP contribution is -2.27. The SMILES string of the molecule is O=C(N/C(=C\c1cccc(F)c1Br)C(=O)O)OCc1ccccc1. The van der Waals surface area contributed by atoms with Crippen LogP contribution in [-0.2, 0) is 16.1 Å². The fourth-order valence-corrected chi connectivity index (χ4v) is 2.19. The van der Waals surface area contributed by atoms with Gasteiger partial charge in [0.05, 0.1) is 4.47 Å². The molecule has 1 amide bonds. The first-order valence-electron chi connectivity index (χ1n) is 6.84. The fourth-order valence-electron chi connectivity index (χ4n) is 1.81. The van der Waals surface area contributed by atoms with Crippen LogP contribution in [0.3, 0.4) is 0 Å². The third kappa shape index (κ3) is 4.92. The summed E-state index contributed by atoms with van der Waals surface area (Å²) in [5.41, 5.74) is 0.608. The number of rotatable bonds is 5. The van der Waals surface area contributed by atoms with Gasteiger partial charge in [-0.2, -0.15) is 0 Å². The lowest BCUT2D eigenvalue weighted by Gasteiger charge is -2.08. The van der Waals surface area contributed by atoms with Crippen molar-refractivity contribution in [2.45, 2.75) is 6.61 Å². The van der Waals surface area contributed by atoms with Gasteiger partial charge in [-0.3, -0.25) is 5.32 Å². The first-order valence-corrected chi connectivity index (χ1v) is 7.63. The predicted octanol–water partition coefficient (Wildman–Crippen LogP) is 3.94. The highest BCUT2D eigenvalue weighted by Gasteiger charge is 2.14. The third-order valence-electron chi connectivity index (χ3n) is 2.96. The molecule has 0 aliphatic rings. The summed E-state index contributed by atoms with van der Waals surface area (Å²) in [6.07, 6.45) is 0.222. The molecule has 0 fully saturated rings. The lowest BCUT2D eigenvalue weighted by molar-refractivity contribution is -0.132. The Bertz CT molecular complexity index is 777. The molecule has 2 aromatic rings. The van der Waals surface area contributed by atoms with E-state index in [0.717, 1.165) is 11.6 Å². The number of hydrogen-bond acceptors (Lipinski definition) is 3. The summed E-state index contributed by atoms with van der Waals surface area (Å²) in [4.78, 5) is 23.0. The van der Waals surface area contributed by atoms with Gasteiger partial charge in [0, 0.05) is 0 Å². The summed E-state index contributed by atoms with van der Waals surface area (Å²) in [7, 11) is 0. The van der Waals surface area contributed by atoms with E-state index in [4.69, 9.17) is 4.74 Å². The van der Waals surface area contributed by atoms with E-state index in [1.807, 2.05) is 6.07 Å². The van der Waals surface area contributed by atoms with Crippen LogP contribution in [0.15, 0.2) is 58.7 Å². The molecule has 2 rings (SSSR count). The first kappa shape index (κ1) is 17.7. The molecule has 24 heavy (non-hydrogen) atoms. The van der Waals surface area contributed by atoms with Crippen LogP contribution < -0.4 is 5.32 Å². The number of nitrogens with one attached hydrogen (secondary N) is 1. The number of carboxylic acids is 1. The number of aliphatic carboxylic acids is 1. The van der Waals surface area contributed by atoms with Gasteiger partial charge in [-0.05, 0) is 39.2 Å². The van der Waals surface area contributed by atoms with Crippen molar-refractivity contribution in [3.8, 4) is 0 Å². The maximum atomic E-state index is 13.5. The number of amides is 1. The molecule has 2 N–H and O–H groups in total. The number of carboxylic acid groups (broad SMARTS) is 1. The molecule has 0 bridgehead atoms. The molecule has 5 nitrogen and oxygen atoms in total. The van der Waals surface area contributed by atoms with Crippen LogP contribution in [0.2, 0.25) is 0 Å². The topological polar surface area (TPSA) is 75.6 Å². The van der Waals surface area contributed by atoms with Crippen LogP contribution in [0, 0.1) is 5.82 Å². The van der Waals surface area contributed by atoms with E-state index in [-0.39, 0.29) is 16.6 Å². The van der Waals surface area contributed by atoms with E-state index in [1.54, 1.807) is 24.3 Å². The van der Waals surface area contributed by atoms with Crippen molar-refractivity contribution < 1.29 is 23.8 Å². The Balaban J connectivity index is 2.08. The van der Waals surface area contributed by atoms with Gasteiger partial charge in [0.25, 0.3) is 0 Å². The maximum absolute atomic E-state index is 13.5. The lowest BCUT2D eigenvalue weighted by atomic mass is 10.2. The number of carbonyl (C=O) groups is 2. The van der Waals surface area contributed by atoms with Gasteiger partial charge in [0.15, 0.2) is 0 Å². The van der Waals surface area contributed by atoms with Gasteiger partial charge in [-0.1, -0.05) is 42.5 Å². The third-order valence-corrected chi connectivity index (χ3v) is 3.80. The normalized spacial score (nSPS) is 11.0. The molecule has 0 saturated heterocycles. The number of halogens is 2. The Kier molecular flexibility index (Phi) is 6.08. The molecule has 0 atom stereocenters. The van der Waals surface area contributed by atoms with Crippen LogP contribution in [-0.4, -0.2) is 17.2 Å². The number of carbonyl (C=O) groups excluding carboxylic acids is 1. The van der Waals surface area contributed by atoms with E-state index in [2.05, 4.69) is 21.2 Å². The minimum absolute atomic E-state index is 0.00321. The summed E-state index contributed by atoms with van der Waals surface area (Å²) < 4.78 is 18.5. The minimum atomic E-state index is -1.37. The molecule has 0 aliphatic carbocycles. The van der Waals surface area contributed by atoms with Crippen molar-refractivity contribution in [3.05, 3.63) is 75.6 Å². The molecule has 0 radical (unpaired) electrons. The zero-order chi connectivity index (χ0) is 17.5. The molecule has 0 spiro atoms. The highest BCUT2D eigenvalue weighted by atomic mass is 79.9. The Labute approximate surface area is 145 Å². The van der Waals surface area contributed by atoms with Crippen molar-refractivity contribution in [2.24, 2.45) is 0 Å². The van der Waals surface area contributed by atoms with Gasteiger partial charge in [-0.15, -0.1) is 0 Å². The van der Waals surface area contributed by atoms with Crippen molar-refractivity contribution >= 4 is 34.1 Å². The largest absolute Gasteiger partial charge is 0.477 e. The summed E-state index contributed by atoms with van der Waals surface area (Å²) in [5.74, 6) is -1.91. The average Bonchev–Trinajstić information content (AvgIpc) is 2.57. The molecular formula is C17H13BrFNO4. The summed E-state index contributed by atoms with van der Waals surface area (Å²) in [6.45, 7) is 0.00321. The second-order valence-corrected chi connectivity index (χ2v) is 5.49. The maximum Gasteiger partial charge on any atom is 0.412 e. The van der Waals surface area contributed by atoms with Crippen LogP contribution in [0.25, 0.3) is 6.08 Å². The van der Waals surface area contributed by atoms with Crippen LogP contribution >= 0.6 is 15.9 Å². The number of alkyl carbamates (subject to hydrolysis) is 1. The highest BCUT2D eigenvalue weighted by molar-refractivity contribution is 9.10. The molecular weight excluding hydrogens is 381 g/mol. The molecule has 0 heterocycles. The molecule has 2 aromatic carbocycles. The van der Waals surface area contributed by atoms with Gasteiger partial charge < -0.3 is 9.84 Å². The smallest absolute Gasteiger partial charge is 0.412 e. The fraction of sp³-hybridized carbons (Fsp3) is 0.0588. The van der Waals surface area contributed by atoms with E-state index in [1.165, 1.54) is 18.2 Å². The number of ether oxygens (including phenoxy) is 1. The van der Waals surface area contributed by atoms with Crippen molar-refractivity contribution in [1.29, 1.82) is 0 Å². The second kappa shape index (κ2) is 8.26. The van der Waals surface area contributed by atoms with Crippen molar-refractivity contribution in [3.63, 3.8) is 0 Å². The zero-order valence-electron chi connectivity index (χ0n) is 12.3. The van der Waals surface area contributed by atoms with Crippen LogP contribution in [0.1, 0.15) is 11.1 Å². The zero-order valence-corrected chi connectivity index (χ0v) is 13.9. The summed E-state index contributed by atoms with van der Waals surface area (Å²) in [5, 5.41) is 11.3. The molecule has 124 valence electrons. The van der Waals surface area contributed by atoms with Crippen LogP contribution in [0.4, 0.5) is 9.18 Å². The van der Waals surface area contributed by atoms with E-state index < -0.39 is 23.6 Å². The van der Waals surface area contributed by atoms with E-state index in [9.17, 15) is 19.1 Å². The van der Waals surface area contributed by atoms with E-state index >= 15 is 0 Å². The Hall–Kier alpha value is -2.67. The molecule has 0 aliphatic heterocycles.